The molecule has 1 N–H and O–H groups in total. The van der Waals surface area contributed by atoms with E-state index in [1.807, 2.05) is 12.4 Å². The summed E-state index contributed by atoms with van der Waals surface area (Å²) in [6.45, 7) is 8.59. The van der Waals surface area contributed by atoms with Gasteiger partial charge in [-0.25, -0.2) is 4.98 Å². The zero-order valence-electron chi connectivity index (χ0n) is 9.70. The lowest BCUT2D eigenvalue weighted by Gasteiger charge is -2.04. The molecule has 3 heteroatoms. The number of nitrogens with zero attached hydrogens (tertiary/aromatic N) is 2. The SMILES string of the molecule is CC(C)c1cnc2c(C(C)C)c[nH]c2n1. The van der Waals surface area contributed by atoms with Gasteiger partial charge in [0, 0.05) is 18.0 Å². The molecule has 0 aromatic carbocycles. The van der Waals surface area contributed by atoms with Crippen LogP contribution in [0, 0.1) is 0 Å². The standard InChI is InChI=1S/C12H17N3/c1-7(2)9-5-14-12-11(9)13-6-10(15-12)8(3)4/h5-8H,1-4H3,(H,14,15). The molecule has 2 aromatic heterocycles. The highest BCUT2D eigenvalue weighted by Crippen LogP contribution is 2.23. The second-order valence-electron chi connectivity index (χ2n) is 4.55. The Kier molecular flexibility index (Phi) is 2.47. The van der Waals surface area contributed by atoms with Crippen LogP contribution >= 0.6 is 0 Å². The Morgan fingerprint density at radius 1 is 1.13 bits per heavy atom. The van der Waals surface area contributed by atoms with Crippen molar-refractivity contribution >= 4 is 11.2 Å². The van der Waals surface area contributed by atoms with Crippen LogP contribution in [0.4, 0.5) is 0 Å². The van der Waals surface area contributed by atoms with Gasteiger partial charge in [-0.05, 0) is 11.8 Å². The highest BCUT2D eigenvalue weighted by molar-refractivity contribution is 5.75. The Bertz CT molecular complexity index is 469. The number of fused-ring (bicyclic) bond motifs is 1. The lowest BCUT2D eigenvalue weighted by molar-refractivity contribution is 0.819. The summed E-state index contributed by atoms with van der Waals surface area (Å²) in [4.78, 5) is 12.2. The second-order valence-corrected chi connectivity index (χ2v) is 4.55. The summed E-state index contributed by atoms with van der Waals surface area (Å²) >= 11 is 0. The maximum atomic E-state index is 4.56. The van der Waals surface area contributed by atoms with Crippen LogP contribution in [-0.4, -0.2) is 15.0 Å². The molecule has 0 aliphatic carbocycles. The Morgan fingerprint density at radius 3 is 2.47 bits per heavy atom. The monoisotopic (exact) mass is 203 g/mol. The van der Waals surface area contributed by atoms with Crippen LogP contribution in [0.2, 0.25) is 0 Å². The quantitative estimate of drug-likeness (QED) is 0.814. The predicted octanol–water partition coefficient (Wildman–Crippen LogP) is 3.20. The van der Waals surface area contributed by atoms with Gasteiger partial charge in [0.15, 0.2) is 5.65 Å². The molecule has 0 fully saturated rings. The molecule has 0 aliphatic rings. The number of aromatic nitrogens is 3. The molecule has 80 valence electrons. The fourth-order valence-corrected chi connectivity index (χ4v) is 1.65. The lowest BCUT2D eigenvalue weighted by atomic mass is 10.1. The van der Waals surface area contributed by atoms with E-state index in [1.54, 1.807) is 0 Å². The van der Waals surface area contributed by atoms with Crippen molar-refractivity contribution in [2.75, 3.05) is 0 Å². The molecule has 0 spiro atoms. The number of hydrogen-bond donors (Lipinski definition) is 1. The molecule has 0 saturated carbocycles. The molecule has 2 aromatic rings. The van der Waals surface area contributed by atoms with Crippen LogP contribution in [0.1, 0.15) is 50.8 Å². The zero-order valence-corrected chi connectivity index (χ0v) is 9.70. The van der Waals surface area contributed by atoms with Crippen LogP contribution in [0.5, 0.6) is 0 Å². The summed E-state index contributed by atoms with van der Waals surface area (Å²) in [5.74, 6) is 0.908. The topological polar surface area (TPSA) is 41.6 Å². The van der Waals surface area contributed by atoms with Crippen molar-refractivity contribution in [3.63, 3.8) is 0 Å². The third kappa shape index (κ3) is 1.74. The van der Waals surface area contributed by atoms with Gasteiger partial charge in [0.05, 0.1) is 5.69 Å². The Hall–Kier alpha value is -1.38. The molecular formula is C12H17N3. The first-order valence-corrected chi connectivity index (χ1v) is 5.43. The van der Waals surface area contributed by atoms with Crippen LogP contribution in [0.25, 0.3) is 11.2 Å². The van der Waals surface area contributed by atoms with E-state index in [1.165, 1.54) is 5.56 Å². The summed E-state index contributed by atoms with van der Waals surface area (Å²) in [7, 11) is 0. The normalized spacial score (nSPS) is 11.9. The third-order valence-electron chi connectivity index (χ3n) is 2.64. The molecule has 0 radical (unpaired) electrons. The first-order valence-electron chi connectivity index (χ1n) is 5.43. The minimum atomic E-state index is 0.424. The van der Waals surface area contributed by atoms with Crippen molar-refractivity contribution in [2.45, 2.75) is 39.5 Å². The molecule has 0 bridgehead atoms. The van der Waals surface area contributed by atoms with E-state index < -0.39 is 0 Å². The summed E-state index contributed by atoms with van der Waals surface area (Å²) in [5, 5.41) is 0. The summed E-state index contributed by atoms with van der Waals surface area (Å²) in [5.41, 5.74) is 4.20. The predicted molar refractivity (Wildman–Crippen MR) is 62.1 cm³/mol. The third-order valence-corrected chi connectivity index (χ3v) is 2.64. The number of aromatic amines is 1. The number of hydrogen-bond acceptors (Lipinski definition) is 2. The van der Waals surface area contributed by atoms with Gasteiger partial charge in [0.2, 0.25) is 0 Å². The second kappa shape index (κ2) is 3.65. The van der Waals surface area contributed by atoms with Gasteiger partial charge in [-0.1, -0.05) is 27.7 Å². The van der Waals surface area contributed by atoms with Gasteiger partial charge in [0.25, 0.3) is 0 Å². The average molecular weight is 203 g/mol. The molecule has 2 heterocycles. The molecule has 0 aliphatic heterocycles. The molecule has 0 amide bonds. The smallest absolute Gasteiger partial charge is 0.156 e. The lowest BCUT2D eigenvalue weighted by Crippen LogP contribution is -1.95. The van der Waals surface area contributed by atoms with Crippen molar-refractivity contribution in [3.8, 4) is 0 Å². The van der Waals surface area contributed by atoms with Gasteiger partial charge >= 0.3 is 0 Å². The van der Waals surface area contributed by atoms with Gasteiger partial charge < -0.3 is 4.98 Å². The number of rotatable bonds is 2. The summed E-state index contributed by atoms with van der Waals surface area (Å²) < 4.78 is 0. The fourth-order valence-electron chi connectivity index (χ4n) is 1.65. The molecule has 15 heavy (non-hydrogen) atoms. The number of nitrogens with one attached hydrogen (secondary N) is 1. The van der Waals surface area contributed by atoms with Gasteiger partial charge in [-0.2, -0.15) is 0 Å². The maximum absolute atomic E-state index is 4.56. The van der Waals surface area contributed by atoms with Gasteiger partial charge in [-0.3, -0.25) is 4.98 Å². The van der Waals surface area contributed by atoms with E-state index in [0.717, 1.165) is 16.9 Å². The molecule has 0 atom stereocenters. The Morgan fingerprint density at radius 2 is 1.87 bits per heavy atom. The van der Waals surface area contributed by atoms with E-state index in [9.17, 15) is 0 Å². The molecule has 3 nitrogen and oxygen atoms in total. The van der Waals surface area contributed by atoms with E-state index >= 15 is 0 Å². The molecule has 2 rings (SSSR count). The number of H-pyrrole nitrogens is 1. The van der Waals surface area contributed by atoms with Crippen molar-refractivity contribution in [3.05, 3.63) is 23.7 Å². The summed E-state index contributed by atoms with van der Waals surface area (Å²) in [6, 6.07) is 0. The Labute approximate surface area is 90.0 Å². The minimum absolute atomic E-state index is 0.424. The van der Waals surface area contributed by atoms with Crippen LogP contribution in [0.15, 0.2) is 12.4 Å². The first kappa shape index (κ1) is 10.1. The molecule has 0 unspecified atom stereocenters. The molecule has 0 saturated heterocycles. The van der Waals surface area contributed by atoms with Crippen molar-refractivity contribution < 1.29 is 0 Å². The van der Waals surface area contributed by atoms with E-state index in [0.29, 0.717) is 11.8 Å². The van der Waals surface area contributed by atoms with E-state index in [4.69, 9.17) is 0 Å². The van der Waals surface area contributed by atoms with E-state index in [-0.39, 0.29) is 0 Å². The fraction of sp³-hybridized carbons (Fsp3) is 0.500. The summed E-state index contributed by atoms with van der Waals surface area (Å²) in [6.07, 6.45) is 3.89. The van der Waals surface area contributed by atoms with Crippen molar-refractivity contribution in [2.24, 2.45) is 0 Å². The highest BCUT2D eigenvalue weighted by Gasteiger charge is 2.11. The van der Waals surface area contributed by atoms with Crippen LogP contribution < -0.4 is 0 Å². The maximum Gasteiger partial charge on any atom is 0.156 e. The van der Waals surface area contributed by atoms with Crippen LogP contribution in [0.3, 0.4) is 0 Å². The van der Waals surface area contributed by atoms with Crippen molar-refractivity contribution in [1.29, 1.82) is 0 Å². The van der Waals surface area contributed by atoms with Gasteiger partial charge in [0.1, 0.15) is 5.52 Å². The van der Waals surface area contributed by atoms with E-state index in [2.05, 4.69) is 42.6 Å². The average Bonchev–Trinajstić information content (AvgIpc) is 2.59. The largest absolute Gasteiger partial charge is 0.344 e. The Balaban J connectivity index is 2.57. The molecular weight excluding hydrogens is 186 g/mol. The first-order chi connectivity index (χ1) is 7.09. The minimum Gasteiger partial charge on any atom is -0.344 e. The van der Waals surface area contributed by atoms with Gasteiger partial charge in [-0.15, -0.1) is 0 Å². The van der Waals surface area contributed by atoms with Crippen molar-refractivity contribution in [1.82, 2.24) is 15.0 Å². The highest BCUT2D eigenvalue weighted by atomic mass is 14.9. The zero-order chi connectivity index (χ0) is 11.0. The van der Waals surface area contributed by atoms with Crippen LogP contribution in [-0.2, 0) is 0 Å².